The minimum Gasteiger partial charge on any atom is -0.480 e. The number of amides is 3. The van der Waals surface area contributed by atoms with Crippen LogP contribution in [0.1, 0.15) is 13.3 Å². The third-order valence-electron chi connectivity index (χ3n) is 3.01. The Kier molecular flexibility index (Phi) is 5.56. The first-order valence-corrected chi connectivity index (χ1v) is 6.10. The number of carboxylic acid groups (broad SMARTS) is 1. The van der Waals surface area contributed by atoms with Gasteiger partial charge in [0.25, 0.3) is 0 Å². The minimum absolute atomic E-state index is 0.0407. The highest BCUT2D eigenvalue weighted by molar-refractivity contribution is 5.82. The molecule has 3 amide bonds. The smallest absolute Gasteiger partial charge is 0.328 e. The summed E-state index contributed by atoms with van der Waals surface area (Å²) in [7, 11) is 0. The number of carboxylic acids is 1. The fourth-order valence-electron chi connectivity index (χ4n) is 1.86. The zero-order valence-electron chi connectivity index (χ0n) is 10.8. The van der Waals surface area contributed by atoms with Crippen LogP contribution in [0.15, 0.2) is 0 Å². The van der Waals surface area contributed by atoms with Gasteiger partial charge in [-0.3, -0.25) is 4.79 Å². The number of aliphatic carboxylic acids is 1. The molecule has 0 saturated carbocycles. The second-order valence-electron chi connectivity index (χ2n) is 4.37. The number of aliphatic hydroxyl groups is 1. The normalized spacial score (nSPS) is 17.6. The Balaban J connectivity index is 2.53. The minimum atomic E-state index is -1.31. The van der Waals surface area contributed by atoms with E-state index in [0.29, 0.717) is 32.6 Å². The van der Waals surface area contributed by atoms with Crippen LogP contribution in [0.3, 0.4) is 0 Å². The average Bonchev–Trinajstić information content (AvgIpc) is 2.60. The maximum absolute atomic E-state index is 11.8. The van der Waals surface area contributed by atoms with Gasteiger partial charge in [0.15, 0.2) is 6.04 Å². The number of carbonyl (C=O) groups excluding carboxylic acids is 2. The first kappa shape index (κ1) is 15.2. The van der Waals surface area contributed by atoms with Gasteiger partial charge < -0.3 is 25.3 Å². The fraction of sp³-hybridized carbons (Fsp3) is 0.727. The van der Waals surface area contributed by atoms with E-state index in [2.05, 4.69) is 5.32 Å². The van der Waals surface area contributed by atoms with Gasteiger partial charge in [-0.2, -0.15) is 0 Å². The molecule has 0 aromatic rings. The molecule has 8 nitrogen and oxygen atoms in total. The lowest BCUT2D eigenvalue weighted by Gasteiger charge is -2.23. The maximum atomic E-state index is 11.8. The lowest BCUT2D eigenvalue weighted by molar-refractivity contribution is -0.140. The highest BCUT2D eigenvalue weighted by atomic mass is 16.4. The summed E-state index contributed by atoms with van der Waals surface area (Å²) in [6, 6.07) is -1.84. The van der Waals surface area contributed by atoms with Gasteiger partial charge in [0, 0.05) is 33.1 Å². The predicted octanol–water partition coefficient (Wildman–Crippen LogP) is -1.30. The molecule has 1 atom stereocenters. The topological polar surface area (TPSA) is 110 Å². The number of carbonyl (C=O) groups is 3. The van der Waals surface area contributed by atoms with Crippen molar-refractivity contribution in [2.45, 2.75) is 19.4 Å². The summed E-state index contributed by atoms with van der Waals surface area (Å²) >= 11 is 0. The van der Waals surface area contributed by atoms with Crippen molar-refractivity contribution in [1.82, 2.24) is 15.1 Å². The molecule has 0 unspecified atom stereocenters. The summed E-state index contributed by atoms with van der Waals surface area (Å²) in [6.45, 7) is 2.63. The average molecular weight is 273 g/mol. The molecule has 1 heterocycles. The van der Waals surface area contributed by atoms with Gasteiger partial charge in [-0.25, -0.2) is 9.59 Å². The number of hydrogen-bond donors (Lipinski definition) is 3. The van der Waals surface area contributed by atoms with Crippen molar-refractivity contribution in [3.63, 3.8) is 0 Å². The Morgan fingerprint density at radius 3 is 2.26 bits per heavy atom. The first-order valence-electron chi connectivity index (χ1n) is 6.10. The molecule has 19 heavy (non-hydrogen) atoms. The Bertz CT molecular complexity index is 360. The van der Waals surface area contributed by atoms with Crippen molar-refractivity contribution < 1.29 is 24.6 Å². The van der Waals surface area contributed by atoms with Crippen LogP contribution < -0.4 is 5.32 Å². The summed E-state index contributed by atoms with van der Waals surface area (Å²) < 4.78 is 0. The molecule has 0 aromatic heterocycles. The Morgan fingerprint density at radius 1 is 1.16 bits per heavy atom. The van der Waals surface area contributed by atoms with Gasteiger partial charge in [-0.1, -0.05) is 0 Å². The van der Waals surface area contributed by atoms with Crippen molar-refractivity contribution in [2.24, 2.45) is 0 Å². The van der Waals surface area contributed by atoms with E-state index < -0.39 is 24.6 Å². The summed E-state index contributed by atoms with van der Waals surface area (Å²) in [4.78, 5) is 36.9. The van der Waals surface area contributed by atoms with Gasteiger partial charge >= 0.3 is 12.0 Å². The van der Waals surface area contributed by atoms with Crippen LogP contribution in [-0.4, -0.2) is 76.7 Å². The zero-order valence-corrected chi connectivity index (χ0v) is 10.8. The van der Waals surface area contributed by atoms with Crippen LogP contribution in [0.25, 0.3) is 0 Å². The van der Waals surface area contributed by atoms with Crippen LogP contribution in [0.2, 0.25) is 0 Å². The number of nitrogens with one attached hydrogen (secondary N) is 1. The number of urea groups is 1. The fourth-order valence-corrected chi connectivity index (χ4v) is 1.86. The van der Waals surface area contributed by atoms with E-state index in [-0.39, 0.29) is 5.91 Å². The number of aliphatic hydroxyl groups excluding tert-OH is 1. The van der Waals surface area contributed by atoms with Crippen molar-refractivity contribution >= 4 is 17.9 Å². The largest absolute Gasteiger partial charge is 0.480 e. The van der Waals surface area contributed by atoms with Crippen molar-refractivity contribution in [3.05, 3.63) is 0 Å². The number of hydrogen-bond acceptors (Lipinski definition) is 4. The number of rotatable bonds is 3. The highest BCUT2D eigenvalue weighted by Crippen LogP contribution is 2.04. The zero-order chi connectivity index (χ0) is 14.4. The molecule has 1 aliphatic rings. The van der Waals surface area contributed by atoms with Crippen LogP contribution in [0.5, 0.6) is 0 Å². The molecule has 1 rings (SSSR count). The lowest BCUT2D eigenvalue weighted by atomic mass is 10.3. The van der Waals surface area contributed by atoms with Gasteiger partial charge in [0.2, 0.25) is 5.91 Å². The van der Waals surface area contributed by atoms with E-state index in [0.717, 1.165) is 0 Å². The van der Waals surface area contributed by atoms with Gasteiger partial charge in [0.1, 0.15) is 0 Å². The molecule has 0 spiro atoms. The van der Waals surface area contributed by atoms with Crippen molar-refractivity contribution in [1.29, 1.82) is 0 Å². The van der Waals surface area contributed by atoms with Crippen molar-refractivity contribution in [3.8, 4) is 0 Å². The summed E-state index contributed by atoms with van der Waals surface area (Å²) in [5, 5.41) is 19.8. The Hall–Kier alpha value is -1.83. The van der Waals surface area contributed by atoms with Crippen LogP contribution in [0.4, 0.5) is 4.79 Å². The van der Waals surface area contributed by atoms with E-state index in [1.54, 1.807) is 4.90 Å². The molecule has 3 N–H and O–H groups in total. The van der Waals surface area contributed by atoms with Crippen LogP contribution in [0, 0.1) is 0 Å². The molecular formula is C11H19N3O5. The predicted molar refractivity (Wildman–Crippen MR) is 65.5 cm³/mol. The molecular weight excluding hydrogens is 254 g/mol. The van der Waals surface area contributed by atoms with E-state index >= 15 is 0 Å². The highest BCUT2D eigenvalue weighted by Gasteiger charge is 2.24. The van der Waals surface area contributed by atoms with E-state index in [9.17, 15) is 14.4 Å². The van der Waals surface area contributed by atoms with Crippen LogP contribution in [-0.2, 0) is 9.59 Å². The molecule has 0 aliphatic carbocycles. The molecule has 1 saturated heterocycles. The SMILES string of the molecule is CC(=O)N1CCCN(C(=O)N[C@@H](CO)C(=O)O)CC1. The van der Waals surface area contributed by atoms with E-state index in [4.69, 9.17) is 10.2 Å². The third kappa shape index (κ3) is 4.40. The molecule has 108 valence electrons. The standard InChI is InChI=1S/C11H19N3O5/c1-8(16)13-3-2-4-14(6-5-13)11(19)12-9(7-15)10(17)18/h9,15H,2-7H2,1H3,(H,12,19)(H,17,18)/t9-/m0/s1. The molecule has 1 aliphatic heterocycles. The molecule has 0 aromatic carbocycles. The van der Waals surface area contributed by atoms with Gasteiger partial charge in [0.05, 0.1) is 6.61 Å². The molecule has 0 bridgehead atoms. The first-order chi connectivity index (χ1) is 8.95. The van der Waals surface area contributed by atoms with E-state index in [1.807, 2.05) is 0 Å². The third-order valence-corrected chi connectivity index (χ3v) is 3.01. The second kappa shape index (κ2) is 6.93. The Labute approximate surface area is 111 Å². The summed E-state index contributed by atoms with van der Waals surface area (Å²) in [6.07, 6.45) is 0.643. The molecule has 1 fully saturated rings. The second-order valence-corrected chi connectivity index (χ2v) is 4.37. The lowest BCUT2D eigenvalue weighted by Crippen LogP contribution is -2.50. The van der Waals surface area contributed by atoms with E-state index in [1.165, 1.54) is 11.8 Å². The summed E-state index contributed by atoms with van der Waals surface area (Å²) in [5.41, 5.74) is 0. The Morgan fingerprint density at radius 2 is 1.74 bits per heavy atom. The molecule has 8 heteroatoms. The van der Waals surface area contributed by atoms with Crippen LogP contribution >= 0.6 is 0 Å². The van der Waals surface area contributed by atoms with Crippen molar-refractivity contribution in [2.75, 3.05) is 32.8 Å². The summed E-state index contributed by atoms with van der Waals surface area (Å²) in [5.74, 6) is -1.32. The quantitative estimate of drug-likeness (QED) is 0.591. The van der Waals surface area contributed by atoms with Gasteiger partial charge in [-0.05, 0) is 6.42 Å². The maximum Gasteiger partial charge on any atom is 0.328 e. The number of nitrogens with zero attached hydrogens (tertiary/aromatic N) is 2. The monoisotopic (exact) mass is 273 g/mol. The molecule has 0 radical (unpaired) electrons. The van der Waals surface area contributed by atoms with Gasteiger partial charge in [-0.15, -0.1) is 0 Å².